The van der Waals surface area contributed by atoms with E-state index in [1.54, 1.807) is 13.8 Å². The normalized spacial score (nSPS) is 25.1. The Hall–Kier alpha value is -1.31. The molecule has 0 aromatic heterocycles. The summed E-state index contributed by atoms with van der Waals surface area (Å²) in [5.74, 6) is -1.31. The lowest BCUT2D eigenvalue weighted by molar-refractivity contribution is -0.145. The van der Waals surface area contributed by atoms with E-state index in [0.29, 0.717) is 6.54 Å². The minimum Gasteiger partial charge on any atom is -0.480 e. The van der Waals surface area contributed by atoms with Crippen LogP contribution in [-0.2, 0) is 14.6 Å². The Balaban J connectivity index is 2.72. The van der Waals surface area contributed by atoms with Crippen LogP contribution in [0.3, 0.4) is 0 Å². The van der Waals surface area contributed by atoms with Crippen molar-refractivity contribution in [2.75, 3.05) is 18.6 Å². The van der Waals surface area contributed by atoms with E-state index in [-0.39, 0.29) is 11.7 Å². The highest BCUT2D eigenvalue weighted by Crippen LogP contribution is 2.23. The molecule has 3 atom stereocenters. The average molecular weight is 306 g/mol. The number of carbonyl (C=O) groups excluding carboxylic acids is 1. The first-order valence-corrected chi connectivity index (χ1v) is 8.65. The third-order valence-electron chi connectivity index (χ3n) is 3.37. The number of carboxylic acid groups (broad SMARTS) is 1. The number of hydrogen-bond acceptors (Lipinski definition) is 4. The summed E-state index contributed by atoms with van der Waals surface area (Å²) >= 11 is 0. The van der Waals surface area contributed by atoms with Gasteiger partial charge >= 0.3 is 12.0 Å². The molecular weight excluding hydrogens is 284 g/mol. The van der Waals surface area contributed by atoms with E-state index in [4.69, 9.17) is 0 Å². The molecule has 0 spiro atoms. The molecule has 116 valence electrons. The Morgan fingerprint density at radius 1 is 1.45 bits per heavy atom. The van der Waals surface area contributed by atoms with Crippen molar-refractivity contribution >= 4 is 21.8 Å². The molecule has 1 aliphatic rings. The zero-order valence-corrected chi connectivity index (χ0v) is 12.8. The number of nitrogens with zero attached hydrogens (tertiary/aromatic N) is 1. The van der Waals surface area contributed by atoms with Crippen molar-refractivity contribution in [2.24, 2.45) is 5.92 Å². The van der Waals surface area contributed by atoms with Gasteiger partial charge in [0.1, 0.15) is 15.9 Å². The van der Waals surface area contributed by atoms with Gasteiger partial charge in [-0.05, 0) is 25.7 Å². The number of carbonyl (C=O) groups is 2. The zero-order valence-electron chi connectivity index (χ0n) is 12.0. The lowest BCUT2D eigenvalue weighted by Gasteiger charge is -2.37. The van der Waals surface area contributed by atoms with Crippen LogP contribution in [0.4, 0.5) is 4.79 Å². The highest BCUT2D eigenvalue weighted by molar-refractivity contribution is 7.90. The molecule has 0 aromatic rings. The first kappa shape index (κ1) is 16.7. The van der Waals surface area contributed by atoms with E-state index in [0.717, 1.165) is 19.1 Å². The van der Waals surface area contributed by atoms with Gasteiger partial charge in [0.2, 0.25) is 0 Å². The molecular formula is C12H22N2O5S. The fourth-order valence-electron chi connectivity index (χ4n) is 2.58. The molecule has 2 amide bonds. The van der Waals surface area contributed by atoms with Crippen LogP contribution in [0.1, 0.15) is 26.7 Å². The van der Waals surface area contributed by atoms with Gasteiger partial charge in [-0.1, -0.05) is 6.92 Å². The molecule has 7 nitrogen and oxygen atoms in total. The Morgan fingerprint density at radius 2 is 2.05 bits per heavy atom. The van der Waals surface area contributed by atoms with Crippen molar-refractivity contribution in [3.8, 4) is 0 Å². The van der Waals surface area contributed by atoms with Crippen LogP contribution < -0.4 is 5.32 Å². The van der Waals surface area contributed by atoms with Gasteiger partial charge < -0.3 is 15.3 Å². The van der Waals surface area contributed by atoms with Crippen LogP contribution in [0.2, 0.25) is 0 Å². The fourth-order valence-corrected chi connectivity index (χ4v) is 3.57. The fraction of sp³-hybridized carbons (Fsp3) is 0.833. The summed E-state index contributed by atoms with van der Waals surface area (Å²) in [7, 11) is -3.19. The van der Waals surface area contributed by atoms with E-state index in [1.165, 1.54) is 4.90 Å². The predicted molar refractivity (Wildman–Crippen MR) is 74.2 cm³/mol. The van der Waals surface area contributed by atoms with Crippen LogP contribution in [-0.4, -0.2) is 61.1 Å². The number of nitrogens with one attached hydrogen (secondary N) is 1. The number of likely N-dealkylation sites (tertiary alicyclic amines) is 1. The van der Waals surface area contributed by atoms with Gasteiger partial charge in [0.25, 0.3) is 0 Å². The zero-order chi connectivity index (χ0) is 15.5. The molecule has 3 unspecified atom stereocenters. The topological polar surface area (TPSA) is 104 Å². The van der Waals surface area contributed by atoms with Crippen molar-refractivity contribution in [3.05, 3.63) is 0 Å². The molecule has 2 N–H and O–H groups in total. The second kappa shape index (κ2) is 6.43. The highest BCUT2D eigenvalue weighted by atomic mass is 32.2. The molecule has 1 heterocycles. The maximum Gasteiger partial charge on any atom is 0.326 e. The van der Waals surface area contributed by atoms with Crippen LogP contribution in [0.5, 0.6) is 0 Å². The maximum atomic E-state index is 12.1. The summed E-state index contributed by atoms with van der Waals surface area (Å²) in [6.07, 6.45) is 2.61. The summed E-state index contributed by atoms with van der Waals surface area (Å²) in [6, 6.07) is -1.92. The summed E-state index contributed by atoms with van der Waals surface area (Å²) in [6.45, 7) is 3.76. The average Bonchev–Trinajstić information content (AvgIpc) is 2.24. The van der Waals surface area contributed by atoms with Crippen LogP contribution in [0.25, 0.3) is 0 Å². The second-order valence-corrected chi connectivity index (χ2v) is 7.72. The number of carboxylic acids is 1. The molecule has 0 aliphatic carbocycles. The number of aliphatic carboxylic acids is 1. The SMILES string of the molecule is CC(CS(C)(=O)=O)NC(=O)N1CCCC(C)C1C(=O)O. The number of sulfone groups is 1. The van der Waals surface area contributed by atoms with Crippen LogP contribution in [0, 0.1) is 5.92 Å². The van der Waals surface area contributed by atoms with Gasteiger partial charge in [-0.25, -0.2) is 18.0 Å². The number of urea groups is 1. The molecule has 8 heteroatoms. The van der Waals surface area contributed by atoms with E-state index >= 15 is 0 Å². The summed E-state index contributed by atoms with van der Waals surface area (Å²) in [5.41, 5.74) is 0. The Kier molecular flexibility index (Phi) is 5.38. The molecule has 1 rings (SSSR count). The van der Waals surface area contributed by atoms with Crippen molar-refractivity contribution in [1.29, 1.82) is 0 Å². The van der Waals surface area contributed by atoms with E-state index in [9.17, 15) is 23.1 Å². The highest BCUT2D eigenvalue weighted by Gasteiger charge is 2.37. The monoisotopic (exact) mass is 306 g/mol. The lowest BCUT2D eigenvalue weighted by Crippen LogP contribution is -2.56. The molecule has 0 radical (unpaired) electrons. The van der Waals surface area contributed by atoms with Crippen LogP contribution in [0.15, 0.2) is 0 Å². The van der Waals surface area contributed by atoms with Crippen LogP contribution >= 0.6 is 0 Å². The van der Waals surface area contributed by atoms with E-state index in [2.05, 4.69) is 5.32 Å². The largest absolute Gasteiger partial charge is 0.480 e. The Labute approximate surface area is 119 Å². The maximum absolute atomic E-state index is 12.1. The molecule has 0 saturated carbocycles. The molecule has 1 saturated heterocycles. The minimum atomic E-state index is -3.19. The van der Waals surface area contributed by atoms with Gasteiger partial charge in [-0.2, -0.15) is 0 Å². The molecule has 1 fully saturated rings. The molecule has 0 aromatic carbocycles. The summed E-state index contributed by atoms with van der Waals surface area (Å²) in [5, 5.41) is 11.8. The third-order valence-corrected chi connectivity index (χ3v) is 4.48. The Morgan fingerprint density at radius 3 is 2.55 bits per heavy atom. The first-order valence-electron chi connectivity index (χ1n) is 6.59. The van der Waals surface area contributed by atoms with E-state index in [1.807, 2.05) is 0 Å². The molecule has 0 bridgehead atoms. The first-order chi connectivity index (χ1) is 9.11. The summed E-state index contributed by atoms with van der Waals surface area (Å²) < 4.78 is 22.3. The van der Waals surface area contributed by atoms with Crippen molar-refractivity contribution in [1.82, 2.24) is 10.2 Å². The minimum absolute atomic E-state index is 0.114. The quantitative estimate of drug-likeness (QED) is 0.778. The second-order valence-electron chi connectivity index (χ2n) is 5.54. The van der Waals surface area contributed by atoms with Crippen molar-refractivity contribution in [2.45, 2.75) is 38.8 Å². The van der Waals surface area contributed by atoms with Gasteiger partial charge in [0.15, 0.2) is 0 Å². The van der Waals surface area contributed by atoms with Crippen molar-refractivity contribution < 1.29 is 23.1 Å². The van der Waals surface area contributed by atoms with Crippen molar-refractivity contribution in [3.63, 3.8) is 0 Å². The van der Waals surface area contributed by atoms with Gasteiger partial charge in [0, 0.05) is 18.8 Å². The van der Waals surface area contributed by atoms with Gasteiger partial charge in [0.05, 0.1) is 5.75 Å². The smallest absolute Gasteiger partial charge is 0.326 e. The number of rotatable bonds is 4. The Bertz CT molecular complexity index is 476. The van der Waals surface area contributed by atoms with Gasteiger partial charge in [-0.3, -0.25) is 0 Å². The lowest BCUT2D eigenvalue weighted by atomic mass is 9.91. The standard InChI is InChI=1S/C12H22N2O5S/c1-8-5-4-6-14(10(8)11(15)16)12(17)13-9(2)7-20(3,18)19/h8-10H,4-7H2,1-3H3,(H,13,17)(H,15,16). The number of hydrogen-bond donors (Lipinski definition) is 2. The number of piperidine rings is 1. The van der Waals surface area contributed by atoms with Gasteiger partial charge in [-0.15, -0.1) is 0 Å². The predicted octanol–water partition coefficient (Wildman–Crippen LogP) is 0.314. The van der Waals surface area contributed by atoms with E-state index < -0.39 is 33.9 Å². The summed E-state index contributed by atoms with van der Waals surface area (Å²) in [4.78, 5) is 24.7. The molecule has 1 aliphatic heterocycles. The number of amides is 2. The molecule has 20 heavy (non-hydrogen) atoms. The third kappa shape index (κ3) is 4.66.